The number of thiazole rings is 1. The van der Waals surface area contributed by atoms with Gasteiger partial charge >= 0.3 is 0 Å². The van der Waals surface area contributed by atoms with E-state index in [1.54, 1.807) is 11.3 Å². The Balaban J connectivity index is 2.08. The monoisotopic (exact) mass is 280 g/mol. The van der Waals surface area contributed by atoms with Crippen molar-refractivity contribution in [2.24, 2.45) is 0 Å². The van der Waals surface area contributed by atoms with Crippen LogP contribution in [0, 0.1) is 6.92 Å². The van der Waals surface area contributed by atoms with E-state index in [2.05, 4.69) is 30.2 Å². The zero-order chi connectivity index (χ0) is 13.1. The van der Waals surface area contributed by atoms with E-state index in [9.17, 15) is 0 Å². The summed E-state index contributed by atoms with van der Waals surface area (Å²) >= 11 is 7.71. The van der Waals surface area contributed by atoms with Crippen LogP contribution in [0.3, 0.4) is 0 Å². The molecule has 18 heavy (non-hydrogen) atoms. The average Bonchev–Trinajstić information content (AvgIpc) is 2.75. The normalized spacial score (nSPS) is 14.4. The first-order chi connectivity index (χ1) is 8.58. The molecule has 96 valence electrons. The lowest BCUT2D eigenvalue weighted by Gasteiger charge is -2.20. The topological polar surface area (TPSA) is 24.9 Å². The molecular formula is C14H17ClN2S. The number of hydrogen-bond donors (Lipinski definition) is 1. The second-order valence-electron chi connectivity index (χ2n) is 4.47. The third kappa shape index (κ3) is 3.10. The van der Waals surface area contributed by atoms with Crippen LogP contribution in [0.1, 0.15) is 42.1 Å². The second-order valence-corrected chi connectivity index (χ2v) is 5.79. The quantitative estimate of drug-likeness (QED) is 0.891. The zero-order valence-electron chi connectivity index (χ0n) is 10.8. The highest BCUT2D eigenvalue weighted by atomic mass is 35.5. The number of aromatic nitrogens is 1. The Hall–Kier alpha value is -0.900. The summed E-state index contributed by atoms with van der Waals surface area (Å²) in [5.74, 6) is 0. The fourth-order valence-corrected chi connectivity index (χ4v) is 3.07. The number of hydrogen-bond acceptors (Lipinski definition) is 3. The number of nitrogens with zero attached hydrogens (tertiary/aromatic N) is 1. The third-order valence-electron chi connectivity index (χ3n) is 3.02. The predicted octanol–water partition coefficient (Wildman–Crippen LogP) is 4.52. The van der Waals surface area contributed by atoms with Gasteiger partial charge in [0.15, 0.2) is 0 Å². The predicted molar refractivity (Wildman–Crippen MR) is 78.3 cm³/mol. The Labute approximate surface area is 117 Å². The average molecular weight is 281 g/mol. The highest BCUT2D eigenvalue weighted by molar-refractivity contribution is 7.09. The van der Waals surface area contributed by atoms with E-state index in [1.807, 2.05) is 30.6 Å². The summed E-state index contributed by atoms with van der Waals surface area (Å²) < 4.78 is 0. The fourth-order valence-electron chi connectivity index (χ4n) is 2.05. The molecule has 1 aromatic carbocycles. The van der Waals surface area contributed by atoms with Gasteiger partial charge in [0.1, 0.15) is 0 Å². The van der Waals surface area contributed by atoms with E-state index in [-0.39, 0.29) is 6.04 Å². The Bertz CT molecular complexity index is 524. The first kappa shape index (κ1) is 13.5. The van der Waals surface area contributed by atoms with Crippen molar-refractivity contribution >= 4 is 22.9 Å². The summed E-state index contributed by atoms with van der Waals surface area (Å²) in [6.07, 6.45) is 0. The van der Waals surface area contributed by atoms with Crippen molar-refractivity contribution in [3.63, 3.8) is 0 Å². The van der Waals surface area contributed by atoms with E-state index in [4.69, 9.17) is 11.6 Å². The molecule has 0 amide bonds. The maximum Gasteiger partial charge on any atom is 0.0798 e. The summed E-state index contributed by atoms with van der Waals surface area (Å²) in [5.41, 5.74) is 4.21. The van der Waals surface area contributed by atoms with Crippen molar-refractivity contribution in [1.82, 2.24) is 10.3 Å². The van der Waals surface area contributed by atoms with E-state index in [0.29, 0.717) is 6.04 Å². The third-order valence-corrected chi connectivity index (χ3v) is 4.37. The molecule has 2 aromatic rings. The Kier molecular flexibility index (Phi) is 4.38. The molecule has 0 fully saturated rings. The van der Waals surface area contributed by atoms with Crippen LogP contribution in [0.15, 0.2) is 29.8 Å². The second kappa shape index (κ2) is 5.83. The standard InChI is InChI=1S/C14H17ClN2S/c1-9(12-5-4-6-13(15)7-12)17-11(3)14-10(2)16-8-18-14/h4-9,11,17H,1-3H3. The summed E-state index contributed by atoms with van der Waals surface area (Å²) in [7, 11) is 0. The van der Waals surface area contributed by atoms with Gasteiger partial charge in [-0.3, -0.25) is 0 Å². The van der Waals surface area contributed by atoms with Gasteiger partial charge in [-0.2, -0.15) is 0 Å². The van der Waals surface area contributed by atoms with Crippen molar-refractivity contribution in [3.8, 4) is 0 Å². The lowest BCUT2D eigenvalue weighted by Crippen LogP contribution is -2.22. The Morgan fingerprint density at radius 2 is 2.06 bits per heavy atom. The number of aryl methyl sites for hydroxylation is 1. The van der Waals surface area contributed by atoms with E-state index in [1.165, 1.54) is 10.4 Å². The molecule has 0 bridgehead atoms. The molecule has 1 aromatic heterocycles. The van der Waals surface area contributed by atoms with Crippen LogP contribution in [0.4, 0.5) is 0 Å². The lowest BCUT2D eigenvalue weighted by molar-refractivity contribution is 0.498. The minimum atomic E-state index is 0.264. The Morgan fingerprint density at radius 3 is 2.67 bits per heavy atom. The minimum Gasteiger partial charge on any atom is -0.303 e. The van der Waals surface area contributed by atoms with E-state index < -0.39 is 0 Å². The first-order valence-corrected chi connectivity index (χ1v) is 7.25. The van der Waals surface area contributed by atoms with Gasteiger partial charge in [-0.25, -0.2) is 4.98 Å². The highest BCUT2D eigenvalue weighted by Gasteiger charge is 2.14. The van der Waals surface area contributed by atoms with Crippen LogP contribution in [0.25, 0.3) is 0 Å². The molecular weight excluding hydrogens is 264 g/mol. The number of halogens is 1. The van der Waals surface area contributed by atoms with Crippen LogP contribution in [0.2, 0.25) is 5.02 Å². The number of rotatable bonds is 4. The van der Waals surface area contributed by atoms with E-state index in [0.717, 1.165) is 10.7 Å². The molecule has 2 rings (SSSR count). The molecule has 0 radical (unpaired) electrons. The molecule has 2 unspecified atom stereocenters. The van der Waals surface area contributed by atoms with Crippen LogP contribution >= 0.6 is 22.9 Å². The van der Waals surface area contributed by atoms with Gasteiger partial charge in [0, 0.05) is 22.0 Å². The SMILES string of the molecule is Cc1ncsc1C(C)NC(C)c1cccc(Cl)c1. The van der Waals surface area contributed by atoms with Crippen LogP contribution in [-0.2, 0) is 0 Å². The van der Waals surface area contributed by atoms with Gasteiger partial charge in [-0.05, 0) is 38.5 Å². The number of benzene rings is 1. The summed E-state index contributed by atoms with van der Waals surface area (Å²) in [5, 5.41) is 4.36. The molecule has 4 heteroatoms. The fraction of sp³-hybridized carbons (Fsp3) is 0.357. The van der Waals surface area contributed by atoms with Crippen molar-refractivity contribution in [1.29, 1.82) is 0 Å². The van der Waals surface area contributed by atoms with Crippen molar-refractivity contribution in [2.75, 3.05) is 0 Å². The van der Waals surface area contributed by atoms with Crippen molar-refractivity contribution in [2.45, 2.75) is 32.9 Å². The summed E-state index contributed by atoms with van der Waals surface area (Å²) in [4.78, 5) is 5.58. The smallest absolute Gasteiger partial charge is 0.0798 e. The molecule has 0 spiro atoms. The minimum absolute atomic E-state index is 0.264. The molecule has 2 nitrogen and oxygen atoms in total. The van der Waals surface area contributed by atoms with Gasteiger partial charge in [0.2, 0.25) is 0 Å². The van der Waals surface area contributed by atoms with Gasteiger partial charge in [0.05, 0.1) is 11.2 Å². The highest BCUT2D eigenvalue weighted by Crippen LogP contribution is 2.25. The summed E-state index contributed by atoms with van der Waals surface area (Å²) in [6, 6.07) is 8.54. The molecule has 2 atom stereocenters. The molecule has 0 aliphatic carbocycles. The summed E-state index contributed by atoms with van der Waals surface area (Å²) in [6.45, 7) is 6.37. The van der Waals surface area contributed by atoms with Crippen molar-refractivity contribution < 1.29 is 0 Å². The molecule has 1 heterocycles. The van der Waals surface area contributed by atoms with Crippen LogP contribution in [0.5, 0.6) is 0 Å². The van der Waals surface area contributed by atoms with Gasteiger partial charge < -0.3 is 5.32 Å². The maximum absolute atomic E-state index is 6.01. The molecule has 1 N–H and O–H groups in total. The Morgan fingerprint density at radius 1 is 1.28 bits per heavy atom. The van der Waals surface area contributed by atoms with Crippen LogP contribution < -0.4 is 5.32 Å². The first-order valence-electron chi connectivity index (χ1n) is 5.99. The molecule has 0 saturated heterocycles. The lowest BCUT2D eigenvalue weighted by atomic mass is 10.1. The maximum atomic E-state index is 6.01. The largest absolute Gasteiger partial charge is 0.303 e. The number of nitrogens with one attached hydrogen (secondary N) is 1. The van der Waals surface area contributed by atoms with Crippen LogP contribution in [-0.4, -0.2) is 4.98 Å². The molecule has 0 aliphatic rings. The van der Waals surface area contributed by atoms with Gasteiger partial charge in [-0.1, -0.05) is 23.7 Å². The molecule has 0 saturated carbocycles. The van der Waals surface area contributed by atoms with E-state index >= 15 is 0 Å². The zero-order valence-corrected chi connectivity index (χ0v) is 12.3. The molecule has 0 aliphatic heterocycles. The van der Waals surface area contributed by atoms with Gasteiger partial charge in [-0.15, -0.1) is 11.3 Å². The van der Waals surface area contributed by atoms with Gasteiger partial charge in [0.25, 0.3) is 0 Å². The van der Waals surface area contributed by atoms with Crippen molar-refractivity contribution in [3.05, 3.63) is 50.9 Å².